The van der Waals surface area contributed by atoms with E-state index in [-0.39, 0.29) is 5.56 Å². The number of aryl methyl sites for hydroxylation is 2. The first-order valence-corrected chi connectivity index (χ1v) is 6.78. The second-order valence-electron chi connectivity index (χ2n) is 4.83. The number of hydrogen-bond acceptors (Lipinski definition) is 3. The van der Waals surface area contributed by atoms with Crippen LogP contribution in [0.5, 0.6) is 0 Å². The van der Waals surface area contributed by atoms with E-state index in [0.29, 0.717) is 21.8 Å². The van der Waals surface area contributed by atoms with Crippen molar-refractivity contribution < 1.29 is 0 Å². The lowest BCUT2D eigenvalue weighted by Crippen LogP contribution is -2.11. The van der Waals surface area contributed by atoms with Gasteiger partial charge in [0.1, 0.15) is 0 Å². The van der Waals surface area contributed by atoms with Crippen LogP contribution < -0.4 is 5.56 Å². The van der Waals surface area contributed by atoms with Gasteiger partial charge in [0.05, 0.1) is 22.1 Å². The molecule has 21 heavy (non-hydrogen) atoms. The molecule has 0 saturated heterocycles. The maximum absolute atomic E-state index is 12.1. The summed E-state index contributed by atoms with van der Waals surface area (Å²) in [4.78, 5) is 19.3. The van der Waals surface area contributed by atoms with Crippen molar-refractivity contribution in [1.82, 2.24) is 19.7 Å². The second kappa shape index (κ2) is 5.18. The fraction of sp³-hybridized carbons (Fsp3) is 0.133. The fourth-order valence-corrected chi connectivity index (χ4v) is 2.36. The largest absolute Gasteiger partial charge is 0.305 e. The molecule has 3 aromatic rings. The van der Waals surface area contributed by atoms with Crippen molar-refractivity contribution in [2.45, 2.75) is 6.92 Å². The number of nitrogens with one attached hydrogen (secondary N) is 1. The Balaban J connectivity index is 2.14. The first-order chi connectivity index (χ1) is 10.0. The number of nitrogens with zero attached hydrogens (tertiary/aromatic N) is 3. The zero-order valence-electron chi connectivity index (χ0n) is 11.6. The van der Waals surface area contributed by atoms with Crippen LogP contribution in [-0.4, -0.2) is 19.7 Å². The van der Waals surface area contributed by atoms with Crippen LogP contribution in [-0.2, 0) is 7.05 Å². The molecule has 3 rings (SSSR count). The third-order valence-electron chi connectivity index (χ3n) is 3.18. The molecule has 0 bridgehead atoms. The molecule has 0 atom stereocenters. The average molecular weight is 301 g/mol. The standard InChI is InChI=1S/C15H13ClN4O/c1-9-4-3-5-11-13(9)18-14(19-15(11)21)12(16)6-10-7-17-20(2)8-10/h3-8H,1-2H3,(H,18,19,21)/b12-6-. The van der Waals surface area contributed by atoms with Gasteiger partial charge in [-0.05, 0) is 24.6 Å². The van der Waals surface area contributed by atoms with Crippen molar-refractivity contribution in [2.24, 2.45) is 7.05 Å². The maximum Gasteiger partial charge on any atom is 0.259 e. The highest BCUT2D eigenvalue weighted by atomic mass is 35.5. The van der Waals surface area contributed by atoms with E-state index in [0.717, 1.165) is 11.1 Å². The molecule has 0 spiro atoms. The van der Waals surface area contributed by atoms with Crippen molar-refractivity contribution >= 4 is 33.6 Å². The summed E-state index contributed by atoms with van der Waals surface area (Å²) in [6.45, 7) is 1.91. The number of para-hydroxylation sites is 1. The molecule has 0 aliphatic heterocycles. The summed E-state index contributed by atoms with van der Waals surface area (Å²) in [6.07, 6.45) is 5.23. The van der Waals surface area contributed by atoms with Crippen molar-refractivity contribution in [1.29, 1.82) is 0 Å². The van der Waals surface area contributed by atoms with Gasteiger partial charge < -0.3 is 4.98 Å². The van der Waals surface area contributed by atoms with Gasteiger partial charge in [0.15, 0.2) is 5.82 Å². The Morgan fingerprint density at radius 1 is 1.43 bits per heavy atom. The molecule has 5 nitrogen and oxygen atoms in total. The van der Waals surface area contributed by atoms with E-state index in [1.54, 1.807) is 23.0 Å². The Morgan fingerprint density at radius 2 is 2.24 bits per heavy atom. The van der Waals surface area contributed by atoms with Crippen LogP contribution in [0.2, 0.25) is 0 Å². The van der Waals surface area contributed by atoms with E-state index in [1.807, 2.05) is 32.3 Å². The van der Waals surface area contributed by atoms with Crippen LogP contribution in [0.4, 0.5) is 0 Å². The molecule has 0 saturated carbocycles. The highest BCUT2D eigenvalue weighted by molar-refractivity contribution is 6.50. The van der Waals surface area contributed by atoms with Crippen LogP contribution in [0.1, 0.15) is 17.0 Å². The smallest absolute Gasteiger partial charge is 0.259 e. The molecular formula is C15H13ClN4O. The van der Waals surface area contributed by atoms with E-state index in [4.69, 9.17) is 11.6 Å². The third-order valence-corrected chi connectivity index (χ3v) is 3.47. The number of aromatic amines is 1. The Kier molecular flexibility index (Phi) is 3.35. The van der Waals surface area contributed by atoms with Crippen molar-refractivity contribution in [3.05, 3.63) is 57.9 Å². The van der Waals surface area contributed by atoms with Gasteiger partial charge in [0, 0.05) is 18.8 Å². The summed E-state index contributed by atoms with van der Waals surface area (Å²) < 4.78 is 1.68. The Hall–Kier alpha value is -2.40. The van der Waals surface area contributed by atoms with E-state index >= 15 is 0 Å². The summed E-state index contributed by atoms with van der Waals surface area (Å²) in [5.41, 5.74) is 2.24. The van der Waals surface area contributed by atoms with Crippen LogP contribution in [0, 0.1) is 6.92 Å². The van der Waals surface area contributed by atoms with Gasteiger partial charge in [-0.3, -0.25) is 9.48 Å². The van der Waals surface area contributed by atoms with Crippen molar-refractivity contribution in [3.63, 3.8) is 0 Å². The molecule has 0 amide bonds. The van der Waals surface area contributed by atoms with Crippen LogP contribution in [0.3, 0.4) is 0 Å². The minimum atomic E-state index is -0.198. The van der Waals surface area contributed by atoms with Gasteiger partial charge in [-0.25, -0.2) is 4.98 Å². The van der Waals surface area contributed by atoms with Crippen LogP contribution >= 0.6 is 11.6 Å². The van der Waals surface area contributed by atoms with Crippen molar-refractivity contribution in [2.75, 3.05) is 0 Å². The van der Waals surface area contributed by atoms with Gasteiger partial charge in [-0.1, -0.05) is 23.7 Å². The number of aromatic nitrogens is 4. The molecule has 2 heterocycles. The molecule has 106 valence electrons. The SMILES string of the molecule is Cc1cccc2c(=O)[nH]c(/C(Cl)=C/c3cnn(C)c3)nc12. The molecule has 0 unspecified atom stereocenters. The molecule has 0 aliphatic rings. The lowest BCUT2D eigenvalue weighted by molar-refractivity contribution is 0.767. The Bertz CT molecular complexity index is 907. The molecule has 2 aromatic heterocycles. The Morgan fingerprint density at radius 3 is 2.95 bits per heavy atom. The van der Waals surface area contributed by atoms with E-state index < -0.39 is 0 Å². The zero-order chi connectivity index (χ0) is 15.0. The quantitative estimate of drug-likeness (QED) is 0.791. The zero-order valence-corrected chi connectivity index (χ0v) is 12.3. The number of hydrogen-bond donors (Lipinski definition) is 1. The van der Waals surface area contributed by atoms with E-state index in [2.05, 4.69) is 15.1 Å². The van der Waals surface area contributed by atoms with Gasteiger partial charge in [-0.2, -0.15) is 5.10 Å². The minimum absolute atomic E-state index is 0.198. The normalized spacial score (nSPS) is 12.0. The second-order valence-corrected chi connectivity index (χ2v) is 5.23. The number of fused-ring (bicyclic) bond motifs is 1. The molecular weight excluding hydrogens is 288 g/mol. The monoisotopic (exact) mass is 300 g/mol. The molecule has 0 aliphatic carbocycles. The van der Waals surface area contributed by atoms with Gasteiger partial charge >= 0.3 is 0 Å². The van der Waals surface area contributed by atoms with Crippen LogP contribution in [0.15, 0.2) is 35.4 Å². The van der Waals surface area contributed by atoms with E-state index in [9.17, 15) is 4.79 Å². The number of benzene rings is 1. The fourth-order valence-electron chi connectivity index (χ4n) is 2.15. The lowest BCUT2D eigenvalue weighted by Gasteiger charge is -2.04. The molecule has 6 heteroatoms. The molecule has 1 N–H and O–H groups in total. The Labute approximate surface area is 125 Å². The molecule has 0 radical (unpaired) electrons. The minimum Gasteiger partial charge on any atom is -0.305 e. The predicted molar refractivity (Wildman–Crippen MR) is 84.0 cm³/mol. The van der Waals surface area contributed by atoms with Crippen LogP contribution in [0.25, 0.3) is 22.0 Å². The highest BCUT2D eigenvalue weighted by Gasteiger charge is 2.08. The van der Waals surface area contributed by atoms with Gasteiger partial charge in [0.2, 0.25) is 0 Å². The summed E-state index contributed by atoms with van der Waals surface area (Å²) in [6, 6.07) is 5.50. The lowest BCUT2D eigenvalue weighted by atomic mass is 10.1. The van der Waals surface area contributed by atoms with Gasteiger partial charge in [-0.15, -0.1) is 0 Å². The van der Waals surface area contributed by atoms with Gasteiger partial charge in [0.25, 0.3) is 5.56 Å². The third kappa shape index (κ3) is 2.60. The average Bonchev–Trinajstić information content (AvgIpc) is 2.85. The van der Waals surface area contributed by atoms with Crippen molar-refractivity contribution in [3.8, 4) is 0 Å². The number of rotatable bonds is 2. The summed E-state index contributed by atoms with van der Waals surface area (Å²) in [7, 11) is 1.82. The number of halogens is 1. The predicted octanol–water partition coefficient (Wildman–Crippen LogP) is 2.70. The highest BCUT2D eigenvalue weighted by Crippen LogP contribution is 2.20. The summed E-state index contributed by atoms with van der Waals surface area (Å²) >= 11 is 6.27. The first-order valence-electron chi connectivity index (χ1n) is 6.40. The summed E-state index contributed by atoms with van der Waals surface area (Å²) in [5.74, 6) is 0.354. The number of H-pyrrole nitrogens is 1. The summed E-state index contributed by atoms with van der Waals surface area (Å²) in [5, 5.41) is 4.99. The first kappa shape index (κ1) is 13.6. The maximum atomic E-state index is 12.1. The molecule has 0 fully saturated rings. The van der Waals surface area contributed by atoms with E-state index in [1.165, 1.54) is 0 Å². The topological polar surface area (TPSA) is 63.6 Å². The molecule has 1 aromatic carbocycles.